The molecule has 1 nitrogen and oxygen atoms in total. The van der Waals surface area contributed by atoms with E-state index in [1.807, 2.05) is 6.92 Å². The Hall–Kier alpha value is -1.03. The van der Waals surface area contributed by atoms with Gasteiger partial charge in [-0.15, -0.1) is 0 Å². The molecule has 78 valence electrons. The molecule has 0 aliphatic carbocycles. The van der Waals surface area contributed by atoms with E-state index in [0.717, 1.165) is 12.1 Å². The topological polar surface area (TPSA) is 20.2 Å². The van der Waals surface area contributed by atoms with Gasteiger partial charge in [-0.2, -0.15) is 0 Å². The van der Waals surface area contributed by atoms with E-state index >= 15 is 0 Å². The fraction of sp³-hybridized carbons (Fsp3) is 0.400. The fourth-order valence-electron chi connectivity index (χ4n) is 1.21. The van der Waals surface area contributed by atoms with Gasteiger partial charge in [-0.05, 0) is 24.1 Å². The van der Waals surface area contributed by atoms with E-state index in [-0.39, 0.29) is 5.56 Å². The molecule has 0 amide bonds. The molecular weight excluding hydrogens is 193 g/mol. The predicted molar refractivity (Wildman–Crippen MR) is 46.2 cm³/mol. The minimum absolute atomic E-state index is 0.0725. The summed E-state index contributed by atoms with van der Waals surface area (Å²) in [5.41, 5.74) is 0.0725. The number of benzene rings is 1. The van der Waals surface area contributed by atoms with Crippen LogP contribution in [-0.2, 0) is 0 Å². The number of aliphatic hydroxyl groups excluding tert-OH is 1. The van der Waals surface area contributed by atoms with Crippen molar-refractivity contribution in [3.8, 4) is 0 Å². The maximum Gasteiger partial charge on any atom is 0.194 e. The van der Waals surface area contributed by atoms with Crippen LogP contribution in [0.4, 0.5) is 13.2 Å². The molecule has 0 radical (unpaired) electrons. The lowest BCUT2D eigenvalue weighted by molar-refractivity contribution is 0.165. The molecule has 0 aromatic heterocycles. The molecule has 0 bridgehead atoms. The molecule has 14 heavy (non-hydrogen) atoms. The summed E-state index contributed by atoms with van der Waals surface area (Å²) in [5, 5.41) is 9.40. The van der Waals surface area contributed by atoms with Crippen LogP contribution in [-0.4, -0.2) is 5.11 Å². The highest BCUT2D eigenvalue weighted by Gasteiger charge is 2.14. The maximum atomic E-state index is 12.7. The summed E-state index contributed by atoms with van der Waals surface area (Å²) in [5.74, 6) is -4.04. The first kappa shape index (κ1) is 11.0. The van der Waals surface area contributed by atoms with Crippen molar-refractivity contribution >= 4 is 0 Å². The summed E-state index contributed by atoms with van der Waals surface area (Å²) in [6, 6.07) is 1.64. The summed E-state index contributed by atoms with van der Waals surface area (Å²) in [4.78, 5) is 0. The van der Waals surface area contributed by atoms with Gasteiger partial charge in [0.2, 0.25) is 0 Å². The Balaban J connectivity index is 3.00. The van der Waals surface area contributed by atoms with Crippen LogP contribution in [0.3, 0.4) is 0 Å². The predicted octanol–water partition coefficient (Wildman–Crippen LogP) is 2.94. The highest BCUT2D eigenvalue weighted by molar-refractivity contribution is 5.21. The van der Waals surface area contributed by atoms with Gasteiger partial charge in [0.1, 0.15) is 0 Å². The van der Waals surface area contributed by atoms with Crippen molar-refractivity contribution in [1.82, 2.24) is 0 Å². The molecule has 0 saturated heterocycles. The lowest BCUT2D eigenvalue weighted by Gasteiger charge is -2.09. The van der Waals surface area contributed by atoms with Gasteiger partial charge in [-0.1, -0.05) is 13.3 Å². The normalized spacial score (nSPS) is 12.9. The Morgan fingerprint density at radius 3 is 2.14 bits per heavy atom. The molecule has 0 aliphatic heterocycles. The van der Waals surface area contributed by atoms with Crippen LogP contribution in [0.5, 0.6) is 0 Å². The minimum Gasteiger partial charge on any atom is -0.388 e. The quantitative estimate of drug-likeness (QED) is 0.750. The highest BCUT2D eigenvalue weighted by Crippen LogP contribution is 2.22. The van der Waals surface area contributed by atoms with Gasteiger partial charge in [0.05, 0.1) is 6.10 Å². The fourth-order valence-corrected chi connectivity index (χ4v) is 1.21. The molecule has 1 aromatic rings. The van der Waals surface area contributed by atoms with Gasteiger partial charge in [0.15, 0.2) is 17.5 Å². The first-order chi connectivity index (χ1) is 6.56. The standard InChI is InChI=1S/C10H11F3O/c1-2-3-9(14)6-4-7(11)10(13)8(12)5-6/h4-5,9,14H,2-3H2,1H3. The average molecular weight is 204 g/mol. The van der Waals surface area contributed by atoms with Gasteiger partial charge < -0.3 is 5.11 Å². The number of hydrogen-bond donors (Lipinski definition) is 1. The Labute approximate surface area is 80.2 Å². The Morgan fingerprint density at radius 2 is 1.71 bits per heavy atom. The van der Waals surface area contributed by atoms with Crippen molar-refractivity contribution in [2.45, 2.75) is 25.9 Å². The van der Waals surface area contributed by atoms with Gasteiger partial charge in [0.25, 0.3) is 0 Å². The van der Waals surface area contributed by atoms with Crippen LogP contribution in [0.15, 0.2) is 12.1 Å². The second-order valence-corrected chi connectivity index (χ2v) is 3.10. The zero-order valence-electron chi connectivity index (χ0n) is 7.73. The molecule has 1 N–H and O–H groups in total. The van der Waals surface area contributed by atoms with Gasteiger partial charge in [-0.3, -0.25) is 0 Å². The van der Waals surface area contributed by atoms with Crippen molar-refractivity contribution in [1.29, 1.82) is 0 Å². The third-order valence-electron chi connectivity index (χ3n) is 1.95. The highest BCUT2D eigenvalue weighted by atomic mass is 19.2. The lowest BCUT2D eigenvalue weighted by atomic mass is 10.0. The molecule has 0 spiro atoms. The third kappa shape index (κ3) is 2.26. The second kappa shape index (κ2) is 4.46. The van der Waals surface area contributed by atoms with E-state index in [4.69, 9.17) is 0 Å². The summed E-state index contributed by atoms with van der Waals surface area (Å²) in [6.45, 7) is 1.83. The van der Waals surface area contributed by atoms with Crippen LogP contribution in [0.1, 0.15) is 31.4 Å². The summed E-state index contributed by atoms with van der Waals surface area (Å²) in [6.07, 6.45) is 0.136. The molecule has 1 atom stereocenters. The van der Waals surface area contributed by atoms with Crippen LogP contribution < -0.4 is 0 Å². The molecule has 0 aliphatic rings. The smallest absolute Gasteiger partial charge is 0.194 e. The van der Waals surface area contributed by atoms with Gasteiger partial charge in [0, 0.05) is 0 Å². The van der Waals surface area contributed by atoms with Crippen molar-refractivity contribution in [2.75, 3.05) is 0 Å². The van der Waals surface area contributed by atoms with Crippen LogP contribution in [0.25, 0.3) is 0 Å². The SMILES string of the molecule is CCCC(O)c1cc(F)c(F)c(F)c1. The summed E-state index contributed by atoms with van der Waals surface area (Å²) >= 11 is 0. The van der Waals surface area contributed by atoms with E-state index in [1.165, 1.54) is 0 Å². The summed E-state index contributed by atoms with van der Waals surface area (Å²) in [7, 11) is 0. The molecule has 0 saturated carbocycles. The maximum absolute atomic E-state index is 12.7. The molecular formula is C10H11F3O. The van der Waals surface area contributed by atoms with E-state index < -0.39 is 23.6 Å². The van der Waals surface area contributed by atoms with Crippen molar-refractivity contribution < 1.29 is 18.3 Å². The number of aliphatic hydroxyl groups is 1. The third-order valence-corrected chi connectivity index (χ3v) is 1.95. The van der Waals surface area contributed by atoms with Gasteiger partial charge >= 0.3 is 0 Å². The van der Waals surface area contributed by atoms with E-state index in [0.29, 0.717) is 12.8 Å². The first-order valence-electron chi connectivity index (χ1n) is 4.38. The monoisotopic (exact) mass is 204 g/mol. The number of rotatable bonds is 3. The largest absolute Gasteiger partial charge is 0.388 e. The summed E-state index contributed by atoms with van der Waals surface area (Å²) < 4.78 is 38.0. The van der Waals surface area contributed by atoms with E-state index in [2.05, 4.69) is 0 Å². The zero-order chi connectivity index (χ0) is 10.7. The molecule has 4 heteroatoms. The minimum atomic E-state index is -1.50. The zero-order valence-corrected chi connectivity index (χ0v) is 7.73. The number of halogens is 3. The molecule has 0 heterocycles. The van der Waals surface area contributed by atoms with Crippen molar-refractivity contribution in [3.63, 3.8) is 0 Å². The molecule has 0 fully saturated rings. The Kier molecular flexibility index (Phi) is 3.52. The van der Waals surface area contributed by atoms with Crippen LogP contribution in [0.2, 0.25) is 0 Å². The first-order valence-corrected chi connectivity index (χ1v) is 4.38. The van der Waals surface area contributed by atoms with E-state index in [9.17, 15) is 18.3 Å². The van der Waals surface area contributed by atoms with Crippen LogP contribution in [0, 0.1) is 17.5 Å². The lowest BCUT2D eigenvalue weighted by Crippen LogP contribution is -2.01. The van der Waals surface area contributed by atoms with Crippen molar-refractivity contribution in [2.24, 2.45) is 0 Å². The second-order valence-electron chi connectivity index (χ2n) is 3.10. The van der Waals surface area contributed by atoms with E-state index in [1.54, 1.807) is 0 Å². The Bertz CT molecular complexity index is 302. The molecule has 1 aromatic carbocycles. The van der Waals surface area contributed by atoms with Crippen LogP contribution >= 0.6 is 0 Å². The van der Waals surface area contributed by atoms with Gasteiger partial charge in [-0.25, -0.2) is 13.2 Å². The average Bonchev–Trinajstić information content (AvgIpc) is 2.13. The number of hydrogen-bond acceptors (Lipinski definition) is 1. The van der Waals surface area contributed by atoms with Crippen molar-refractivity contribution in [3.05, 3.63) is 35.1 Å². The molecule has 1 unspecified atom stereocenters. The Morgan fingerprint density at radius 1 is 1.21 bits per heavy atom. The molecule has 1 rings (SSSR count).